The van der Waals surface area contributed by atoms with Crippen LogP contribution in [0.3, 0.4) is 0 Å². The first-order valence-electron chi connectivity index (χ1n) is 6.37. The van der Waals surface area contributed by atoms with Crippen molar-refractivity contribution in [3.63, 3.8) is 0 Å². The quantitative estimate of drug-likeness (QED) is 0.853. The molecule has 0 spiro atoms. The number of aryl methyl sites for hydroxylation is 1. The Bertz CT molecular complexity index is 593. The van der Waals surface area contributed by atoms with E-state index >= 15 is 0 Å². The molecule has 1 aliphatic heterocycles. The maximum absolute atomic E-state index is 6.14. The van der Waals surface area contributed by atoms with Crippen molar-refractivity contribution in [1.29, 1.82) is 0 Å². The van der Waals surface area contributed by atoms with Gasteiger partial charge in [0.25, 0.3) is 0 Å². The van der Waals surface area contributed by atoms with Crippen molar-refractivity contribution >= 4 is 23.1 Å². The van der Waals surface area contributed by atoms with Gasteiger partial charge in [-0.25, -0.2) is 9.97 Å². The van der Waals surface area contributed by atoms with Crippen LogP contribution in [0.15, 0.2) is 16.9 Å². The van der Waals surface area contributed by atoms with Gasteiger partial charge in [-0.3, -0.25) is 0 Å². The van der Waals surface area contributed by atoms with E-state index in [1.165, 1.54) is 6.33 Å². The van der Waals surface area contributed by atoms with Crippen LogP contribution in [0.4, 0.5) is 23.1 Å². The summed E-state index contributed by atoms with van der Waals surface area (Å²) in [6.07, 6.45) is 1.48. The molecular weight excluding hydrogens is 260 g/mol. The van der Waals surface area contributed by atoms with Crippen LogP contribution in [0.25, 0.3) is 0 Å². The number of nitrogens with two attached hydrogens (primary N) is 1. The monoisotopic (exact) mass is 276 g/mol. The van der Waals surface area contributed by atoms with Crippen molar-refractivity contribution < 1.29 is 9.26 Å². The van der Waals surface area contributed by atoms with E-state index in [0.29, 0.717) is 42.1 Å². The first-order valence-corrected chi connectivity index (χ1v) is 6.37. The van der Waals surface area contributed by atoms with Gasteiger partial charge < -0.3 is 25.2 Å². The topological polar surface area (TPSA) is 102 Å². The van der Waals surface area contributed by atoms with Crippen molar-refractivity contribution in [3.05, 3.63) is 18.2 Å². The summed E-state index contributed by atoms with van der Waals surface area (Å²) in [4.78, 5) is 10.5. The van der Waals surface area contributed by atoms with Gasteiger partial charge in [0.05, 0.1) is 13.2 Å². The molecule has 0 atom stereocenters. The van der Waals surface area contributed by atoms with E-state index in [1.807, 2.05) is 6.92 Å². The third-order valence-corrected chi connectivity index (χ3v) is 3.05. The zero-order valence-electron chi connectivity index (χ0n) is 11.2. The summed E-state index contributed by atoms with van der Waals surface area (Å²) in [6, 6.07) is 1.77. The molecule has 3 heterocycles. The van der Waals surface area contributed by atoms with Gasteiger partial charge in [-0.1, -0.05) is 5.16 Å². The summed E-state index contributed by atoms with van der Waals surface area (Å²) < 4.78 is 10.3. The van der Waals surface area contributed by atoms with Crippen molar-refractivity contribution in [3.8, 4) is 0 Å². The Hall–Kier alpha value is -2.35. The fraction of sp³-hybridized carbons (Fsp3) is 0.417. The summed E-state index contributed by atoms with van der Waals surface area (Å²) in [7, 11) is 0. The predicted molar refractivity (Wildman–Crippen MR) is 74.0 cm³/mol. The van der Waals surface area contributed by atoms with Crippen LogP contribution in [0.5, 0.6) is 0 Å². The average molecular weight is 276 g/mol. The zero-order valence-corrected chi connectivity index (χ0v) is 11.2. The molecule has 106 valence electrons. The van der Waals surface area contributed by atoms with Crippen LogP contribution in [0.1, 0.15) is 5.76 Å². The second-order valence-electron chi connectivity index (χ2n) is 4.51. The van der Waals surface area contributed by atoms with E-state index in [4.69, 9.17) is 15.0 Å². The molecule has 0 aliphatic carbocycles. The third kappa shape index (κ3) is 2.50. The molecule has 3 N–H and O–H groups in total. The number of hydrogen-bond acceptors (Lipinski definition) is 8. The normalized spacial score (nSPS) is 15.3. The van der Waals surface area contributed by atoms with E-state index in [2.05, 4.69) is 25.3 Å². The number of nitrogens with one attached hydrogen (secondary N) is 1. The first kappa shape index (κ1) is 12.7. The maximum Gasteiger partial charge on any atom is 0.175 e. The summed E-state index contributed by atoms with van der Waals surface area (Å²) in [5, 5.41) is 6.89. The van der Waals surface area contributed by atoms with Crippen molar-refractivity contribution in [2.24, 2.45) is 0 Å². The fourth-order valence-electron chi connectivity index (χ4n) is 2.06. The van der Waals surface area contributed by atoms with Gasteiger partial charge in [-0.2, -0.15) is 0 Å². The number of morpholine rings is 1. The Balaban J connectivity index is 1.84. The third-order valence-electron chi connectivity index (χ3n) is 3.05. The highest BCUT2D eigenvalue weighted by molar-refractivity contribution is 5.77. The average Bonchev–Trinajstić information content (AvgIpc) is 2.87. The number of rotatable bonds is 3. The summed E-state index contributed by atoms with van der Waals surface area (Å²) in [5.41, 5.74) is 6.64. The number of anilines is 4. The van der Waals surface area contributed by atoms with Crippen LogP contribution in [-0.2, 0) is 4.74 Å². The van der Waals surface area contributed by atoms with E-state index in [-0.39, 0.29) is 0 Å². The summed E-state index contributed by atoms with van der Waals surface area (Å²) in [5.74, 6) is 2.52. The lowest BCUT2D eigenvalue weighted by molar-refractivity contribution is 0.122. The molecule has 1 fully saturated rings. The van der Waals surface area contributed by atoms with Gasteiger partial charge in [0, 0.05) is 19.2 Å². The Kier molecular flexibility index (Phi) is 3.38. The standard InChI is InChI=1S/C12H16N6O2/c1-8-6-9(17-20-8)16-11-10(13)12(15-7-14-11)18-2-4-19-5-3-18/h6-7H,2-5,13H2,1H3,(H,14,15,16,17). The number of ether oxygens (including phenoxy) is 1. The lowest BCUT2D eigenvalue weighted by atomic mass is 10.3. The zero-order chi connectivity index (χ0) is 13.9. The van der Waals surface area contributed by atoms with E-state index in [0.717, 1.165) is 13.1 Å². The number of nitrogens with zero attached hydrogens (tertiary/aromatic N) is 4. The van der Waals surface area contributed by atoms with Gasteiger partial charge in [0.15, 0.2) is 17.5 Å². The molecule has 0 aromatic carbocycles. The second-order valence-corrected chi connectivity index (χ2v) is 4.51. The molecule has 3 rings (SSSR count). The minimum absolute atomic E-state index is 0.495. The molecule has 2 aromatic rings. The predicted octanol–water partition coefficient (Wildman–Crippen LogP) is 0.935. The van der Waals surface area contributed by atoms with Crippen LogP contribution < -0.4 is 16.0 Å². The maximum atomic E-state index is 6.14. The SMILES string of the molecule is Cc1cc(Nc2ncnc(N3CCOCC3)c2N)no1. The van der Waals surface area contributed by atoms with E-state index in [1.54, 1.807) is 6.07 Å². The highest BCUT2D eigenvalue weighted by atomic mass is 16.5. The van der Waals surface area contributed by atoms with Gasteiger partial charge >= 0.3 is 0 Å². The van der Waals surface area contributed by atoms with Crippen LogP contribution in [0.2, 0.25) is 0 Å². The summed E-state index contributed by atoms with van der Waals surface area (Å²) >= 11 is 0. The van der Waals surface area contributed by atoms with Crippen LogP contribution >= 0.6 is 0 Å². The molecule has 20 heavy (non-hydrogen) atoms. The smallest absolute Gasteiger partial charge is 0.175 e. The Labute approximate surface area is 115 Å². The van der Waals surface area contributed by atoms with Crippen LogP contribution in [0, 0.1) is 6.92 Å². The minimum Gasteiger partial charge on any atom is -0.393 e. The van der Waals surface area contributed by atoms with Gasteiger partial charge in [0.2, 0.25) is 0 Å². The minimum atomic E-state index is 0.495. The first-order chi connectivity index (χ1) is 9.74. The molecule has 0 unspecified atom stereocenters. The lowest BCUT2D eigenvalue weighted by Gasteiger charge is -2.28. The molecular formula is C12H16N6O2. The summed E-state index contributed by atoms with van der Waals surface area (Å²) in [6.45, 7) is 4.71. The fourth-order valence-corrected chi connectivity index (χ4v) is 2.06. The van der Waals surface area contributed by atoms with Gasteiger partial charge in [-0.05, 0) is 6.92 Å². The van der Waals surface area contributed by atoms with Gasteiger partial charge in [0.1, 0.15) is 17.8 Å². The van der Waals surface area contributed by atoms with E-state index in [9.17, 15) is 0 Å². The number of nitrogen functional groups attached to an aromatic ring is 1. The lowest BCUT2D eigenvalue weighted by Crippen LogP contribution is -2.37. The molecule has 0 radical (unpaired) electrons. The highest BCUT2D eigenvalue weighted by Gasteiger charge is 2.18. The highest BCUT2D eigenvalue weighted by Crippen LogP contribution is 2.28. The largest absolute Gasteiger partial charge is 0.393 e. The van der Waals surface area contributed by atoms with Crippen molar-refractivity contribution in [2.45, 2.75) is 6.92 Å². The van der Waals surface area contributed by atoms with Crippen molar-refractivity contribution in [1.82, 2.24) is 15.1 Å². The molecule has 0 saturated carbocycles. The molecule has 0 amide bonds. The Morgan fingerprint density at radius 3 is 2.80 bits per heavy atom. The van der Waals surface area contributed by atoms with E-state index < -0.39 is 0 Å². The van der Waals surface area contributed by atoms with Crippen molar-refractivity contribution in [2.75, 3.05) is 42.3 Å². The molecule has 8 nitrogen and oxygen atoms in total. The molecule has 8 heteroatoms. The number of hydrogen-bond donors (Lipinski definition) is 2. The Morgan fingerprint density at radius 2 is 2.10 bits per heavy atom. The molecule has 1 saturated heterocycles. The van der Waals surface area contributed by atoms with Crippen LogP contribution in [-0.4, -0.2) is 41.4 Å². The molecule has 2 aromatic heterocycles. The Morgan fingerprint density at radius 1 is 1.30 bits per heavy atom. The molecule has 0 bridgehead atoms. The van der Waals surface area contributed by atoms with Gasteiger partial charge in [-0.15, -0.1) is 0 Å². The second kappa shape index (κ2) is 5.33. The number of aromatic nitrogens is 3. The molecule has 1 aliphatic rings.